The fraction of sp³-hybridized carbons (Fsp3) is 0.167. The second kappa shape index (κ2) is 8.09. The van der Waals surface area contributed by atoms with Crippen LogP contribution in [-0.2, 0) is 0 Å². The Morgan fingerprint density at radius 2 is 0.964 bits per heavy atom. The molecule has 0 spiro atoms. The molecule has 4 heteroatoms. The Bertz CT molecular complexity index is 970. The number of nitrogens with one attached hydrogen (secondary N) is 2. The lowest BCUT2D eigenvalue weighted by atomic mass is 10.0. The van der Waals surface area contributed by atoms with Crippen LogP contribution in [0.15, 0.2) is 60.7 Å². The minimum absolute atomic E-state index is 0.311. The average molecular weight is 372 g/mol. The third-order valence-corrected chi connectivity index (χ3v) is 4.95. The Hall–Kier alpha value is -3.40. The van der Waals surface area contributed by atoms with Gasteiger partial charge in [-0.25, -0.2) is 0 Å². The summed E-state index contributed by atoms with van der Waals surface area (Å²) in [6.45, 7) is 8.03. The molecule has 0 radical (unpaired) electrons. The lowest BCUT2D eigenvalue weighted by molar-refractivity contribution is 0.0990. The fourth-order valence-corrected chi connectivity index (χ4v) is 2.91. The molecule has 0 saturated heterocycles. The molecular formula is C24H24N2O2. The Labute approximate surface area is 165 Å². The Balaban J connectivity index is 1.83. The van der Waals surface area contributed by atoms with Crippen molar-refractivity contribution in [2.24, 2.45) is 0 Å². The highest BCUT2D eigenvalue weighted by Crippen LogP contribution is 2.19. The minimum atomic E-state index is -0.311. The van der Waals surface area contributed by atoms with E-state index in [9.17, 15) is 9.59 Å². The maximum absolute atomic E-state index is 12.8. The summed E-state index contributed by atoms with van der Waals surface area (Å²) < 4.78 is 0. The predicted molar refractivity (Wildman–Crippen MR) is 114 cm³/mol. The summed E-state index contributed by atoms with van der Waals surface area (Å²) in [6.07, 6.45) is 0. The normalized spacial score (nSPS) is 10.4. The van der Waals surface area contributed by atoms with E-state index >= 15 is 0 Å². The minimum Gasteiger partial charge on any atom is -0.322 e. The van der Waals surface area contributed by atoms with Crippen LogP contribution in [0.1, 0.15) is 43.0 Å². The first kappa shape index (κ1) is 19.4. The van der Waals surface area contributed by atoms with Crippen molar-refractivity contribution >= 4 is 23.2 Å². The van der Waals surface area contributed by atoms with E-state index in [2.05, 4.69) is 10.6 Å². The third kappa shape index (κ3) is 4.29. The Morgan fingerprint density at radius 1 is 0.571 bits per heavy atom. The van der Waals surface area contributed by atoms with Crippen LogP contribution >= 0.6 is 0 Å². The van der Waals surface area contributed by atoms with E-state index in [1.807, 2.05) is 64.1 Å². The monoisotopic (exact) mass is 372 g/mol. The van der Waals surface area contributed by atoms with Gasteiger partial charge < -0.3 is 10.6 Å². The lowest BCUT2D eigenvalue weighted by Gasteiger charge is -2.12. The maximum Gasteiger partial charge on any atom is 0.256 e. The van der Waals surface area contributed by atoms with Crippen molar-refractivity contribution in [3.05, 3.63) is 94.0 Å². The molecule has 0 bridgehead atoms. The second-order valence-electron chi connectivity index (χ2n) is 7.05. The zero-order valence-electron chi connectivity index (χ0n) is 16.6. The first-order valence-corrected chi connectivity index (χ1v) is 9.21. The highest BCUT2D eigenvalue weighted by atomic mass is 16.2. The van der Waals surface area contributed by atoms with E-state index in [1.165, 1.54) is 0 Å². The largest absolute Gasteiger partial charge is 0.322 e. The number of anilines is 2. The molecule has 4 nitrogen and oxygen atoms in total. The van der Waals surface area contributed by atoms with Gasteiger partial charge in [0.2, 0.25) is 0 Å². The molecule has 2 N–H and O–H groups in total. The van der Waals surface area contributed by atoms with Crippen LogP contribution in [-0.4, -0.2) is 11.8 Å². The summed E-state index contributed by atoms with van der Waals surface area (Å²) in [5, 5.41) is 5.77. The van der Waals surface area contributed by atoms with Gasteiger partial charge in [0.15, 0.2) is 0 Å². The van der Waals surface area contributed by atoms with Crippen molar-refractivity contribution in [3.63, 3.8) is 0 Å². The van der Waals surface area contributed by atoms with E-state index in [1.54, 1.807) is 24.3 Å². The van der Waals surface area contributed by atoms with Gasteiger partial charge in [0, 0.05) is 11.4 Å². The van der Waals surface area contributed by atoms with E-state index in [0.29, 0.717) is 22.5 Å². The van der Waals surface area contributed by atoms with Gasteiger partial charge in [-0.1, -0.05) is 24.3 Å². The molecule has 0 atom stereocenters. The number of carbonyl (C=O) groups excluding carboxylic acids is 2. The maximum atomic E-state index is 12.8. The van der Waals surface area contributed by atoms with Crippen molar-refractivity contribution in [2.75, 3.05) is 10.6 Å². The van der Waals surface area contributed by atoms with Gasteiger partial charge in [-0.3, -0.25) is 9.59 Å². The van der Waals surface area contributed by atoms with Crippen molar-refractivity contribution in [3.8, 4) is 0 Å². The standard InChI is InChI=1S/C24H24N2O2/c1-15-9-11-19(13-17(15)3)25-23(27)21-7-5-6-8-22(21)24(28)26-20-12-10-16(2)18(4)14-20/h5-14H,1-4H3,(H,25,27)(H,26,28). The van der Waals surface area contributed by atoms with Crippen LogP contribution < -0.4 is 10.6 Å². The van der Waals surface area contributed by atoms with Crippen molar-refractivity contribution in [1.82, 2.24) is 0 Å². The predicted octanol–water partition coefficient (Wildman–Crippen LogP) is 5.42. The second-order valence-corrected chi connectivity index (χ2v) is 7.05. The van der Waals surface area contributed by atoms with Gasteiger partial charge in [0.1, 0.15) is 0 Å². The number of rotatable bonds is 4. The number of amides is 2. The van der Waals surface area contributed by atoms with Gasteiger partial charge in [0.05, 0.1) is 11.1 Å². The van der Waals surface area contributed by atoms with Crippen molar-refractivity contribution < 1.29 is 9.59 Å². The average Bonchev–Trinajstić information content (AvgIpc) is 2.67. The first-order valence-electron chi connectivity index (χ1n) is 9.21. The summed E-state index contributed by atoms with van der Waals surface area (Å²) in [6, 6.07) is 18.3. The van der Waals surface area contributed by atoms with Gasteiger partial charge >= 0.3 is 0 Å². The molecular weight excluding hydrogens is 348 g/mol. The molecule has 28 heavy (non-hydrogen) atoms. The van der Waals surface area contributed by atoms with Gasteiger partial charge in [-0.2, -0.15) is 0 Å². The van der Waals surface area contributed by atoms with Gasteiger partial charge in [-0.05, 0) is 86.3 Å². The molecule has 0 aromatic heterocycles. The third-order valence-electron chi connectivity index (χ3n) is 4.95. The molecule has 0 unspecified atom stereocenters. The molecule has 0 aliphatic heterocycles. The molecule has 0 fully saturated rings. The molecule has 3 rings (SSSR count). The highest BCUT2D eigenvalue weighted by Gasteiger charge is 2.17. The fourth-order valence-electron chi connectivity index (χ4n) is 2.91. The summed E-state index contributed by atoms with van der Waals surface area (Å²) in [7, 11) is 0. The van der Waals surface area contributed by atoms with Gasteiger partial charge in [-0.15, -0.1) is 0 Å². The Kier molecular flexibility index (Phi) is 5.59. The van der Waals surface area contributed by atoms with E-state index in [-0.39, 0.29) is 11.8 Å². The van der Waals surface area contributed by atoms with Crippen LogP contribution in [0, 0.1) is 27.7 Å². The van der Waals surface area contributed by atoms with Crippen LogP contribution in [0.4, 0.5) is 11.4 Å². The summed E-state index contributed by atoms with van der Waals surface area (Å²) in [4.78, 5) is 25.6. The van der Waals surface area contributed by atoms with Crippen LogP contribution in [0.5, 0.6) is 0 Å². The highest BCUT2D eigenvalue weighted by molar-refractivity contribution is 6.15. The summed E-state index contributed by atoms with van der Waals surface area (Å²) >= 11 is 0. The zero-order chi connectivity index (χ0) is 20.3. The smallest absolute Gasteiger partial charge is 0.256 e. The SMILES string of the molecule is Cc1ccc(NC(=O)c2ccccc2C(=O)Nc2ccc(C)c(C)c2)cc1C. The quantitative estimate of drug-likeness (QED) is 0.642. The van der Waals surface area contributed by atoms with E-state index in [0.717, 1.165) is 22.3 Å². The number of aryl methyl sites for hydroxylation is 4. The van der Waals surface area contributed by atoms with Gasteiger partial charge in [0.25, 0.3) is 11.8 Å². The molecule has 0 heterocycles. The molecule has 2 amide bonds. The Morgan fingerprint density at radius 3 is 1.32 bits per heavy atom. The number of hydrogen-bond acceptors (Lipinski definition) is 2. The molecule has 0 saturated carbocycles. The molecule has 0 aliphatic carbocycles. The van der Waals surface area contributed by atoms with Crippen LogP contribution in [0.25, 0.3) is 0 Å². The van der Waals surface area contributed by atoms with Crippen molar-refractivity contribution in [1.29, 1.82) is 0 Å². The molecule has 3 aromatic carbocycles. The first-order chi connectivity index (χ1) is 13.3. The van der Waals surface area contributed by atoms with E-state index in [4.69, 9.17) is 0 Å². The van der Waals surface area contributed by atoms with Crippen molar-refractivity contribution in [2.45, 2.75) is 27.7 Å². The number of benzene rings is 3. The van der Waals surface area contributed by atoms with E-state index < -0.39 is 0 Å². The number of carbonyl (C=O) groups is 2. The summed E-state index contributed by atoms with van der Waals surface area (Å²) in [5.41, 5.74) is 6.59. The number of hydrogen-bond donors (Lipinski definition) is 2. The van der Waals surface area contributed by atoms with Crippen LogP contribution in [0.3, 0.4) is 0 Å². The zero-order valence-corrected chi connectivity index (χ0v) is 16.6. The van der Waals surface area contributed by atoms with Crippen LogP contribution in [0.2, 0.25) is 0 Å². The molecule has 0 aliphatic rings. The molecule has 3 aromatic rings. The lowest BCUT2D eigenvalue weighted by Crippen LogP contribution is -2.20. The summed E-state index contributed by atoms with van der Waals surface area (Å²) in [5.74, 6) is -0.622. The molecule has 142 valence electrons. The topological polar surface area (TPSA) is 58.2 Å².